The smallest absolute Gasteiger partial charge is 0.266 e. The number of phenols is 1. The number of carbonyl (C=O) groups is 3. The van der Waals surface area contributed by atoms with Crippen molar-refractivity contribution in [3.05, 3.63) is 89.5 Å². The third kappa shape index (κ3) is 2.83. The lowest BCUT2D eigenvalue weighted by molar-refractivity contribution is 0.0925. The Kier molecular flexibility index (Phi) is 3.93. The van der Waals surface area contributed by atoms with Gasteiger partial charge in [-0.05, 0) is 48.5 Å². The predicted octanol–water partition coefficient (Wildman–Crippen LogP) is 3.45. The van der Waals surface area contributed by atoms with Gasteiger partial charge in [-0.25, -0.2) is 4.90 Å². The van der Waals surface area contributed by atoms with Crippen LogP contribution in [0.2, 0.25) is 0 Å². The zero-order valence-corrected chi connectivity index (χ0v) is 14.0. The fraction of sp³-hybridized carbons (Fsp3) is 0. The van der Waals surface area contributed by atoms with E-state index in [-0.39, 0.29) is 17.6 Å². The third-order valence-electron chi connectivity index (χ3n) is 4.33. The molecule has 6 nitrogen and oxygen atoms in total. The maximum atomic E-state index is 12.5. The van der Waals surface area contributed by atoms with E-state index in [1.165, 1.54) is 18.2 Å². The van der Waals surface area contributed by atoms with Crippen LogP contribution < -0.4 is 10.2 Å². The number of benzene rings is 3. The first-order valence-corrected chi connectivity index (χ1v) is 8.23. The summed E-state index contributed by atoms with van der Waals surface area (Å²) in [6.45, 7) is 0. The lowest BCUT2D eigenvalue weighted by atomic mass is 10.1. The molecule has 1 aliphatic rings. The summed E-state index contributed by atoms with van der Waals surface area (Å²) in [5.74, 6) is -1.22. The van der Waals surface area contributed by atoms with Gasteiger partial charge in [0.2, 0.25) is 0 Å². The second-order valence-corrected chi connectivity index (χ2v) is 6.01. The van der Waals surface area contributed by atoms with Crippen LogP contribution in [0.15, 0.2) is 72.8 Å². The summed E-state index contributed by atoms with van der Waals surface area (Å²) in [7, 11) is 0. The molecule has 1 aliphatic heterocycles. The molecule has 0 spiro atoms. The van der Waals surface area contributed by atoms with E-state index in [0.29, 0.717) is 28.1 Å². The number of phenolic OH excluding ortho intramolecular Hbond substituents is 1. The molecule has 3 amide bonds. The number of fused-ring (bicyclic) bond motifs is 1. The van der Waals surface area contributed by atoms with Gasteiger partial charge in [0.05, 0.1) is 22.5 Å². The first-order valence-electron chi connectivity index (χ1n) is 8.23. The van der Waals surface area contributed by atoms with E-state index in [1.54, 1.807) is 54.6 Å². The molecule has 0 unspecified atom stereocenters. The molecule has 0 radical (unpaired) electrons. The molecule has 132 valence electrons. The van der Waals surface area contributed by atoms with Crippen molar-refractivity contribution in [3.63, 3.8) is 0 Å². The minimum Gasteiger partial charge on any atom is -0.506 e. The van der Waals surface area contributed by atoms with Gasteiger partial charge in [0.1, 0.15) is 5.75 Å². The van der Waals surface area contributed by atoms with Crippen LogP contribution in [0.1, 0.15) is 31.1 Å². The Morgan fingerprint density at radius 3 is 1.93 bits per heavy atom. The Hall–Kier alpha value is -3.93. The second-order valence-electron chi connectivity index (χ2n) is 6.01. The van der Waals surface area contributed by atoms with E-state index < -0.39 is 5.91 Å². The molecular weight excluding hydrogens is 344 g/mol. The molecule has 0 saturated carbocycles. The monoisotopic (exact) mass is 358 g/mol. The van der Waals surface area contributed by atoms with Gasteiger partial charge < -0.3 is 10.4 Å². The van der Waals surface area contributed by atoms with Gasteiger partial charge in [0.25, 0.3) is 17.7 Å². The van der Waals surface area contributed by atoms with Gasteiger partial charge in [-0.3, -0.25) is 14.4 Å². The zero-order chi connectivity index (χ0) is 19.0. The molecule has 2 N–H and O–H groups in total. The van der Waals surface area contributed by atoms with Crippen molar-refractivity contribution in [2.24, 2.45) is 0 Å². The number of anilines is 2. The van der Waals surface area contributed by atoms with Crippen LogP contribution in [0.25, 0.3) is 0 Å². The van der Waals surface area contributed by atoms with Crippen LogP contribution in [0.4, 0.5) is 11.4 Å². The van der Waals surface area contributed by atoms with Gasteiger partial charge in [0, 0.05) is 5.56 Å². The summed E-state index contributed by atoms with van der Waals surface area (Å²) in [5, 5.41) is 12.4. The minimum atomic E-state index is -0.412. The van der Waals surface area contributed by atoms with Crippen molar-refractivity contribution >= 4 is 29.1 Å². The molecule has 1 heterocycles. The van der Waals surface area contributed by atoms with Crippen LogP contribution in [0.5, 0.6) is 5.75 Å². The highest BCUT2D eigenvalue weighted by Gasteiger charge is 2.36. The maximum Gasteiger partial charge on any atom is 0.266 e. The summed E-state index contributed by atoms with van der Waals surface area (Å²) >= 11 is 0. The summed E-state index contributed by atoms with van der Waals surface area (Å²) in [6.07, 6.45) is 0. The molecule has 6 heteroatoms. The molecule has 0 bridgehead atoms. The molecule has 3 aromatic rings. The summed E-state index contributed by atoms with van der Waals surface area (Å²) in [5.41, 5.74) is 1.75. The largest absolute Gasteiger partial charge is 0.506 e. The first kappa shape index (κ1) is 16.5. The molecule has 0 saturated heterocycles. The van der Waals surface area contributed by atoms with Gasteiger partial charge in [-0.2, -0.15) is 0 Å². The average molecular weight is 358 g/mol. The van der Waals surface area contributed by atoms with Crippen molar-refractivity contribution < 1.29 is 19.5 Å². The van der Waals surface area contributed by atoms with Gasteiger partial charge >= 0.3 is 0 Å². The van der Waals surface area contributed by atoms with E-state index in [1.807, 2.05) is 0 Å². The molecule has 0 aliphatic carbocycles. The van der Waals surface area contributed by atoms with E-state index in [0.717, 1.165) is 4.90 Å². The summed E-state index contributed by atoms with van der Waals surface area (Å²) < 4.78 is 0. The number of carbonyl (C=O) groups excluding carboxylic acids is 3. The fourth-order valence-corrected chi connectivity index (χ4v) is 2.96. The highest BCUT2D eigenvalue weighted by Crippen LogP contribution is 2.28. The molecular formula is C21H14N2O4. The van der Waals surface area contributed by atoms with Crippen LogP contribution in [0.3, 0.4) is 0 Å². The maximum absolute atomic E-state index is 12.5. The predicted molar refractivity (Wildman–Crippen MR) is 100 cm³/mol. The number of para-hydroxylation sites is 2. The average Bonchev–Trinajstić information content (AvgIpc) is 2.95. The van der Waals surface area contributed by atoms with Gasteiger partial charge in [-0.1, -0.05) is 24.3 Å². The number of hydrogen-bond acceptors (Lipinski definition) is 4. The van der Waals surface area contributed by atoms with Crippen LogP contribution in [-0.2, 0) is 0 Å². The topological polar surface area (TPSA) is 86.7 Å². The minimum absolute atomic E-state index is 0.0338. The standard InChI is InChI=1S/C21H14N2O4/c24-18-8-4-3-7-17(18)22-19(25)13-9-11-14(12-10-13)23-20(26)15-5-1-2-6-16(15)21(23)27/h1-12,24H,(H,22,25). The van der Waals surface area contributed by atoms with Crippen molar-refractivity contribution in [1.29, 1.82) is 0 Å². The van der Waals surface area contributed by atoms with Crippen molar-refractivity contribution in [2.75, 3.05) is 10.2 Å². The van der Waals surface area contributed by atoms with Crippen molar-refractivity contribution in [2.45, 2.75) is 0 Å². The molecule has 0 aromatic heterocycles. The number of amides is 3. The zero-order valence-electron chi connectivity index (χ0n) is 14.0. The number of imide groups is 1. The molecule has 0 atom stereocenters. The Morgan fingerprint density at radius 2 is 1.33 bits per heavy atom. The lowest BCUT2D eigenvalue weighted by Gasteiger charge is -2.14. The Labute approximate surface area is 154 Å². The number of rotatable bonds is 3. The third-order valence-corrected chi connectivity index (χ3v) is 4.33. The normalized spacial score (nSPS) is 12.8. The van der Waals surface area contributed by atoms with Crippen molar-refractivity contribution in [3.8, 4) is 5.75 Å². The van der Waals surface area contributed by atoms with Crippen LogP contribution >= 0.6 is 0 Å². The fourth-order valence-electron chi connectivity index (χ4n) is 2.96. The van der Waals surface area contributed by atoms with Crippen LogP contribution in [0, 0.1) is 0 Å². The highest BCUT2D eigenvalue weighted by atomic mass is 16.3. The Balaban J connectivity index is 1.57. The summed E-state index contributed by atoms with van der Waals surface area (Å²) in [6, 6.07) is 19.2. The Morgan fingerprint density at radius 1 is 0.778 bits per heavy atom. The first-order chi connectivity index (χ1) is 13.1. The molecule has 27 heavy (non-hydrogen) atoms. The highest BCUT2D eigenvalue weighted by molar-refractivity contribution is 6.34. The quantitative estimate of drug-likeness (QED) is 0.555. The molecule has 0 fully saturated rings. The number of nitrogens with zero attached hydrogens (tertiary/aromatic N) is 1. The van der Waals surface area contributed by atoms with Gasteiger partial charge in [0.15, 0.2) is 0 Å². The van der Waals surface area contributed by atoms with E-state index in [2.05, 4.69) is 5.32 Å². The summed E-state index contributed by atoms with van der Waals surface area (Å²) in [4.78, 5) is 38.4. The van der Waals surface area contributed by atoms with Crippen LogP contribution in [-0.4, -0.2) is 22.8 Å². The Bertz CT molecular complexity index is 1040. The molecule has 4 rings (SSSR count). The number of aromatic hydroxyl groups is 1. The number of nitrogens with one attached hydrogen (secondary N) is 1. The van der Waals surface area contributed by atoms with E-state index >= 15 is 0 Å². The number of hydrogen-bond donors (Lipinski definition) is 2. The van der Waals surface area contributed by atoms with E-state index in [4.69, 9.17) is 0 Å². The second kappa shape index (κ2) is 6.42. The SMILES string of the molecule is O=C(Nc1ccccc1O)c1ccc(N2C(=O)c3ccccc3C2=O)cc1. The van der Waals surface area contributed by atoms with Gasteiger partial charge in [-0.15, -0.1) is 0 Å². The molecule has 3 aromatic carbocycles. The lowest BCUT2D eigenvalue weighted by Crippen LogP contribution is -2.29. The van der Waals surface area contributed by atoms with Crippen molar-refractivity contribution in [1.82, 2.24) is 0 Å². The van der Waals surface area contributed by atoms with E-state index in [9.17, 15) is 19.5 Å².